The zero-order valence-electron chi connectivity index (χ0n) is 19.2. The van der Waals surface area contributed by atoms with Crippen molar-refractivity contribution in [3.05, 3.63) is 58.6 Å². The number of sulfone groups is 1. The van der Waals surface area contributed by atoms with Gasteiger partial charge in [-0.3, -0.25) is 9.11 Å². The van der Waals surface area contributed by atoms with Crippen LogP contribution in [0.15, 0.2) is 47.4 Å². The molecule has 180 valence electrons. The predicted octanol–water partition coefficient (Wildman–Crippen LogP) is 4.14. The van der Waals surface area contributed by atoms with Gasteiger partial charge >= 0.3 is 0 Å². The van der Waals surface area contributed by atoms with Gasteiger partial charge in [0.25, 0.3) is 0 Å². The molecule has 2 aliphatic rings. The predicted molar refractivity (Wildman–Crippen MR) is 134 cm³/mol. The lowest BCUT2D eigenvalue weighted by Gasteiger charge is -2.35. The van der Waals surface area contributed by atoms with E-state index in [1.54, 1.807) is 24.3 Å². The number of fused-ring (bicyclic) bond motifs is 1. The second-order valence-electron chi connectivity index (χ2n) is 9.34. The van der Waals surface area contributed by atoms with E-state index >= 15 is 0 Å². The maximum Gasteiger partial charge on any atom is 0.179 e. The Morgan fingerprint density at radius 1 is 1.15 bits per heavy atom. The van der Waals surface area contributed by atoms with E-state index in [1.165, 1.54) is 23.8 Å². The Morgan fingerprint density at radius 2 is 1.91 bits per heavy atom. The van der Waals surface area contributed by atoms with E-state index in [4.69, 9.17) is 16.3 Å². The molecule has 4 rings (SSSR count). The minimum atomic E-state index is -3.42. The average molecular weight is 510 g/mol. The van der Waals surface area contributed by atoms with Gasteiger partial charge in [0.2, 0.25) is 0 Å². The van der Waals surface area contributed by atoms with Crippen molar-refractivity contribution >= 4 is 32.2 Å². The number of likely N-dealkylation sites (tertiary alicyclic amines) is 1. The SMILES string of the molecule is C[C@@H]1C[C@H](COc2ccc(S(=O)(=O)CCS(C)=O)cc2)CN1C1CCc2ccc(Cl)cc2C1. The highest BCUT2D eigenvalue weighted by Crippen LogP contribution is 2.33. The monoisotopic (exact) mass is 509 g/mol. The molecule has 0 N–H and O–H groups in total. The normalized spacial score (nSPS) is 24.4. The quantitative estimate of drug-likeness (QED) is 0.535. The molecular weight excluding hydrogens is 478 g/mol. The summed E-state index contributed by atoms with van der Waals surface area (Å²) in [6.07, 6.45) is 5.94. The number of ether oxygens (including phenoxy) is 1. The highest BCUT2D eigenvalue weighted by Gasteiger charge is 2.35. The smallest absolute Gasteiger partial charge is 0.179 e. The van der Waals surface area contributed by atoms with Gasteiger partial charge in [-0.15, -0.1) is 0 Å². The topological polar surface area (TPSA) is 63.7 Å². The standard InChI is InChI=1S/C25H32ClNO4S2/c1-18-13-19(16-27(18)23-6-4-20-3-5-22(26)14-21(20)15-23)17-31-24-7-9-25(10-8-24)33(29,30)12-11-32(2)28/h3,5,7-10,14,18-19,23H,4,6,11-13,15-17H2,1-2H3/t18-,19+,23?,32?/m1/s1. The molecule has 2 unspecified atom stereocenters. The minimum Gasteiger partial charge on any atom is -0.493 e. The lowest BCUT2D eigenvalue weighted by Crippen LogP contribution is -2.41. The Morgan fingerprint density at radius 3 is 2.64 bits per heavy atom. The molecule has 2 aromatic carbocycles. The largest absolute Gasteiger partial charge is 0.493 e. The molecule has 1 fully saturated rings. The summed E-state index contributed by atoms with van der Waals surface area (Å²) in [7, 11) is -4.55. The molecule has 0 saturated carbocycles. The van der Waals surface area contributed by atoms with Crippen LogP contribution in [-0.4, -0.2) is 60.5 Å². The van der Waals surface area contributed by atoms with Gasteiger partial charge in [-0.2, -0.15) is 0 Å². The number of nitrogens with zero attached hydrogens (tertiary/aromatic N) is 1. The Kier molecular flexibility index (Phi) is 7.83. The van der Waals surface area contributed by atoms with Crippen molar-refractivity contribution in [2.45, 2.75) is 49.6 Å². The first-order valence-corrected chi connectivity index (χ1v) is 15.3. The number of hydrogen-bond donors (Lipinski definition) is 0. The van der Waals surface area contributed by atoms with Crippen LogP contribution in [0.25, 0.3) is 0 Å². The first kappa shape index (κ1) is 24.7. The van der Waals surface area contributed by atoms with Gasteiger partial charge in [0.1, 0.15) is 5.75 Å². The first-order valence-electron chi connectivity index (χ1n) is 11.5. The highest BCUT2D eigenvalue weighted by molar-refractivity contribution is 7.93. The summed E-state index contributed by atoms with van der Waals surface area (Å²) in [4.78, 5) is 2.88. The lowest BCUT2D eigenvalue weighted by molar-refractivity contribution is 0.164. The molecule has 1 aliphatic heterocycles. The van der Waals surface area contributed by atoms with Gasteiger partial charge in [0, 0.05) is 52.4 Å². The van der Waals surface area contributed by atoms with Crippen molar-refractivity contribution in [1.82, 2.24) is 4.90 Å². The van der Waals surface area contributed by atoms with Gasteiger partial charge in [0.15, 0.2) is 9.84 Å². The van der Waals surface area contributed by atoms with Crippen LogP contribution in [0.3, 0.4) is 0 Å². The molecule has 2 aromatic rings. The zero-order chi connectivity index (χ0) is 23.6. The van der Waals surface area contributed by atoms with Crippen LogP contribution in [0, 0.1) is 5.92 Å². The third-order valence-electron chi connectivity index (χ3n) is 6.86. The van der Waals surface area contributed by atoms with E-state index in [9.17, 15) is 12.6 Å². The van der Waals surface area contributed by atoms with E-state index in [-0.39, 0.29) is 16.4 Å². The molecule has 5 nitrogen and oxygen atoms in total. The fraction of sp³-hybridized carbons (Fsp3) is 0.520. The molecular formula is C25H32ClNO4S2. The average Bonchev–Trinajstić information content (AvgIpc) is 3.16. The number of hydrogen-bond acceptors (Lipinski definition) is 5. The fourth-order valence-electron chi connectivity index (χ4n) is 5.09. The first-order chi connectivity index (χ1) is 15.7. The second-order valence-corrected chi connectivity index (χ2v) is 13.4. The molecule has 0 bridgehead atoms. The Bertz CT molecular complexity index is 1100. The van der Waals surface area contributed by atoms with Crippen LogP contribution in [-0.2, 0) is 33.5 Å². The van der Waals surface area contributed by atoms with E-state index in [0.29, 0.717) is 30.4 Å². The zero-order valence-corrected chi connectivity index (χ0v) is 21.6. The molecule has 4 atom stereocenters. The van der Waals surface area contributed by atoms with Crippen LogP contribution < -0.4 is 4.74 Å². The number of aryl methyl sites for hydroxylation is 1. The van der Waals surface area contributed by atoms with Crippen molar-refractivity contribution in [1.29, 1.82) is 0 Å². The van der Waals surface area contributed by atoms with Gasteiger partial charge in [-0.05, 0) is 80.1 Å². The number of halogens is 1. The van der Waals surface area contributed by atoms with Gasteiger partial charge < -0.3 is 4.74 Å². The van der Waals surface area contributed by atoms with E-state index < -0.39 is 20.6 Å². The van der Waals surface area contributed by atoms with Crippen LogP contribution in [0.2, 0.25) is 5.02 Å². The van der Waals surface area contributed by atoms with Gasteiger partial charge in [-0.25, -0.2) is 8.42 Å². The summed E-state index contributed by atoms with van der Waals surface area (Å²) >= 11 is 6.22. The summed E-state index contributed by atoms with van der Waals surface area (Å²) < 4.78 is 41.9. The Hall–Kier alpha value is -1.41. The summed E-state index contributed by atoms with van der Waals surface area (Å²) in [5.74, 6) is 1.17. The van der Waals surface area contributed by atoms with Crippen LogP contribution in [0.5, 0.6) is 5.75 Å². The molecule has 0 spiro atoms. The molecule has 0 radical (unpaired) electrons. The maximum absolute atomic E-state index is 12.3. The summed E-state index contributed by atoms with van der Waals surface area (Å²) in [5, 5.41) is 0.814. The van der Waals surface area contributed by atoms with E-state index in [2.05, 4.69) is 24.0 Å². The van der Waals surface area contributed by atoms with Crippen molar-refractivity contribution in [3.8, 4) is 5.75 Å². The third kappa shape index (κ3) is 6.18. The Balaban J connectivity index is 1.31. The lowest BCUT2D eigenvalue weighted by atomic mass is 9.87. The Labute approximate surface area is 204 Å². The molecule has 1 aliphatic carbocycles. The minimum absolute atomic E-state index is 0.107. The van der Waals surface area contributed by atoms with Crippen molar-refractivity contribution in [3.63, 3.8) is 0 Å². The molecule has 1 heterocycles. The van der Waals surface area contributed by atoms with Gasteiger partial charge in [0.05, 0.1) is 17.3 Å². The molecule has 0 amide bonds. The molecule has 33 heavy (non-hydrogen) atoms. The summed E-state index contributed by atoms with van der Waals surface area (Å²) in [5.41, 5.74) is 2.81. The highest BCUT2D eigenvalue weighted by atomic mass is 35.5. The third-order valence-corrected chi connectivity index (χ3v) is 9.86. The van der Waals surface area contributed by atoms with Crippen LogP contribution in [0.4, 0.5) is 0 Å². The van der Waals surface area contributed by atoms with Crippen molar-refractivity contribution < 1.29 is 17.4 Å². The van der Waals surface area contributed by atoms with Crippen molar-refractivity contribution in [2.24, 2.45) is 5.92 Å². The van der Waals surface area contributed by atoms with Gasteiger partial charge in [-0.1, -0.05) is 17.7 Å². The fourth-order valence-corrected chi connectivity index (χ4v) is 7.89. The van der Waals surface area contributed by atoms with E-state index in [1.807, 2.05) is 6.07 Å². The van der Waals surface area contributed by atoms with Crippen LogP contribution in [0.1, 0.15) is 30.9 Å². The summed E-state index contributed by atoms with van der Waals surface area (Å²) in [6, 6.07) is 13.9. The second kappa shape index (κ2) is 10.5. The molecule has 1 saturated heterocycles. The van der Waals surface area contributed by atoms with Crippen molar-refractivity contribution in [2.75, 3.05) is 30.9 Å². The van der Waals surface area contributed by atoms with E-state index in [0.717, 1.165) is 30.8 Å². The maximum atomic E-state index is 12.3. The molecule has 0 aromatic heterocycles. The van der Waals surface area contributed by atoms with Crippen LogP contribution >= 0.6 is 11.6 Å². The number of benzene rings is 2. The summed E-state index contributed by atoms with van der Waals surface area (Å²) in [6.45, 7) is 3.94. The number of rotatable bonds is 8. The molecule has 8 heteroatoms.